The summed E-state index contributed by atoms with van der Waals surface area (Å²) in [6.45, 7) is 1.28. The van der Waals surface area contributed by atoms with Gasteiger partial charge in [0.2, 0.25) is 5.43 Å². The first-order valence-corrected chi connectivity index (χ1v) is 9.94. The summed E-state index contributed by atoms with van der Waals surface area (Å²) in [7, 11) is 1.46. The third-order valence-electron chi connectivity index (χ3n) is 6.26. The first-order chi connectivity index (χ1) is 14.0. The second-order valence-corrected chi connectivity index (χ2v) is 8.09. The van der Waals surface area contributed by atoms with E-state index < -0.39 is 17.2 Å². The van der Waals surface area contributed by atoms with Gasteiger partial charge in [-0.05, 0) is 38.0 Å². The number of ether oxygens (including phenoxy) is 1. The average Bonchev–Trinajstić information content (AvgIpc) is 3.45. The van der Waals surface area contributed by atoms with Crippen LogP contribution in [0.1, 0.15) is 42.1 Å². The van der Waals surface area contributed by atoms with Gasteiger partial charge in [-0.25, -0.2) is 9.18 Å². The van der Waals surface area contributed by atoms with Gasteiger partial charge < -0.3 is 19.3 Å². The van der Waals surface area contributed by atoms with Gasteiger partial charge >= 0.3 is 5.97 Å². The van der Waals surface area contributed by atoms with Crippen LogP contribution in [0.3, 0.4) is 0 Å². The van der Waals surface area contributed by atoms with E-state index in [1.807, 2.05) is 11.1 Å². The standard InChI is InChI=1S/C21H22FN3O4/c1-29-20-17-13(19(26)14(21(27)28)9-25(17)12-4-5-12)7-15(22)18(20)24-8-11-3-2-6-23-16(11)10-24/h6-7,9,11-12,16H,2-5,8,10H2,1H3,(H,27,28)/t11-,16+/m0/s1. The number of fused-ring (bicyclic) bond motifs is 2. The number of carbonyl (C=O) groups is 1. The summed E-state index contributed by atoms with van der Waals surface area (Å²) in [6.07, 6.45) is 7.05. The van der Waals surface area contributed by atoms with Gasteiger partial charge in [-0.3, -0.25) is 9.79 Å². The maximum Gasteiger partial charge on any atom is 0.341 e. The van der Waals surface area contributed by atoms with E-state index in [4.69, 9.17) is 4.74 Å². The molecule has 1 aromatic carbocycles. The Kier molecular flexibility index (Phi) is 4.11. The molecule has 3 aliphatic rings. The molecule has 2 aromatic rings. The molecule has 0 radical (unpaired) electrons. The fourth-order valence-electron chi connectivity index (χ4n) is 4.71. The molecule has 1 aromatic heterocycles. The predicted molar refractivity (Wildman–Crippen MR) is 107 cm³/mol. The third-order valence-corrected chi connectivity index (χ3v) is 6.26. The van der Waals surface area contributed by atoms with Crippen molar-refractivity contribution in [2.75, 3.05) is 25.1 Å². The first kappa shape index (κ1) is 18.1. The second-order valence-electron chi connectivity index (χ2n) is 8.09. The maximum atomic E-state index is 15.3. The largest absolute Gasteiger partial charge is 0.492 e. The van der Waals surface area contributed by atoms with Crippen molar-refractivity contribution in [1.82, 2.24) is 4.57 Å². The summed E-state index contributed by atoms with van der Waals surface area (Å²) in [5.74, 6) is -1.21. The van der Waals surface area contributed by atoms with Gasteiger partial charge in [0.1, 0.15) is 11.3 Å². The predicted octanol–water partition coefficient (Wildman–Crippen LogP) is 2.85. The van der Waals surface area contributed by atoms with Crippen molar-refractivity contribution >= 4 is 28.8 Å². The number of hydrogen-bond acceptors (Lipinski definition) is 5. The van der Waals surface area contributed by atoms with Crippen LogP contribution in [-0.2, 0) is 0 Å². The number of rotatable bonds is 4. The van der Waals surface area contributed by atoms with Gasteiger partial charge in [-0.2, -0.15) is 0 Å². The van der Waals surface area contributed by atoms with E-state index in [1.54, 1.807) is 4.57 Å². The van der Waals surface area contributed by atoms with Crippen LogP contribution in [0.15, 0.2) is 22.1 Å². The molecule has 152 valence electrons. The smallest absolute Gasteiger partial charge is 0.341 e. The van der Waals surface area contributed by atoms with Crippen molar-refractivity contribution in [3.63, 3.8) is 0 Å². The zero-order chi connectivity index (χ0) is 20.3. The molecule has 1 N–H and O–H groups in total. The number of carboxylic acids is 1. The molecular weight excluding hydrogens is 377 g/mol. The Labute approximate surface area is 166 Å². The van der Waals surface area contributed by atoms with E-state index in [-0.39, 0.29) is 23.0 Å². The molecule has 1 saturated carbocycles. The average molecular weight is 399 g/mol. The Bertz CT molecular complexity index is 1110. The highest BCUT2D eigenvalue weighted by Gasteiger charge is 2.37. The van der Waals surface area contributed by atoms with E-state index in [2.05, 4.69) is 4.99 Å². The molecule has 1 aliphatic carbocycles. The first-order valence-electron chi connectivity index (χ1n) is 9.94. The number of carboxylic acid groups (broad SMARTS) is 1. The van der Waals surface area contributed by atoms with Crippen molar-refractivity contribution < 1.29 is 19.0 Å². The molecule has 1 saturated heterocycles. The fourth-order valence-corrected chi connectivity index (χ4v) is 4.71. The van der Waals surface area contributed by atoms with Crippen LogP contribution in [0.4, 0.5) is 10.1 Å². The van der Waals surface area contributed by atoms with E-state index in [1.165, 1.54) is 19.4 Å². The lowest BCUT2D eigenvalue weighted by molar-refractivity contribution is 0.0695. The number of aliphatic imine (C=N–C) groups is 1. The molecule has 2 atom stereocenters. The Morgan fingerprint density at radius 2 is 2.10 bits per heavy atom. The van der Waals surface area contributed by atoms with Crippen molar-refractivity contribution in [3.8, 4) is 5.75 Å². The van der Waals surface area contributed by atoms with Crippen LogP contribution < -0.4 is 15.1 Å². The molecule has 3 heterocycles. The zero-order valence-electron chi connectivity index (χ0n) is 16.1. The molecule has 0 spiro atoms. The number of pyridine rings is 1. The van der Waals surface area contributed by atoms with Crippen molar-refractivity contribution in [2.45, 2.75) is 37.8 Å². The minimum Gasteiger partial charge on any atom is -0.492 e. The summed E-state index contributed by atoms with van der Waals surface area (Å²) in [6, 6.07) is 1.41. The summed E-state index contributed by atoms with van der Waals surface area (Å²) in [5.41, 5.74) is -0.228. The van der Waals surface area contributed by atoms with Gasteiger partial charge in [-0.15, -0.1) is 0 Å². The van der Waals surface area contributed by atoms with Crippen LogP contribution in [0.25, 0.3) is 10.9 Å². The Hall–Kier alpha value is -2.90. The lowest BCUT2D eigenvalue weighted by Crippen LogP contribution is -2.24. The highest BCUT2D eigenvalue weighted by atomic mass is 19.1. The maximum absolute atomic E-state index is 15.3. The minimum absolute atomic E-state index is 0.0459. The number of hydrogen-bond donors (Lipinski definition) is 1. The number of benzene rings is 1. The third kappa shape index (κ3) is 2.81. The van der Waals surface area contributed by atoms with Gasteiger partial charge in [-0.1, -0.05) is 0 Å². The molecule has 0 unspecified atom stereocenters. The molecule has 2 aliphatic heterocycles. The van der Waals surface area contributed by atoms with Gasteiger partial charge in [0.05, 0.1) is 24.1 Å². The van der Waals surface area contributed by atoms with Crippen LogP contribution in [0.5, 0.6) is 5.75 Å². The Morgan fingerprint density at radius 1 is 1.31 bits per heavy atom. The molecule has 5 rings (SSSR count). The number of aromatic nitrogens is 1. The second kappa shape index (κ2) is 6.57. The molecule has 2 fully saturated rings. The van der Waals surface area contributed by atoms with Crippen molar-refractivity contribution in [3.05, 3.63) is 33.9 Å². The van der Waals surface area contributed by atoms with E-state index in [0.29, 0.717) is 36.0 Å². The molecule has 29 heavy (non-hydrogen) atoms. The summed E-state index contributed by atoms with van der Waals surface area (Å²) < 4.78 is 22.7. The number of methoxy groups -OCH3 is 1. The topological polar surface area (TPSA) is 84.1 Å². The van der Waals surface area contributed by atoms with Crippen LogP contribution in [0.2, 0.25) is 0 Å². The molecule has 8 heteroatoms. The van der Waals surface area contributed by atoms with E-state index in [0.717, 1.165) is 25.7 Å². The number of nitrogens with zero attached hydrogens (tertiary/aromatic N) is 3. The molecule has 0 amide bonds. The zero-order valence-corrected chi connectivity index (χ0v) is 16.1. The van der Waals surface area contributed by atoms with E-state index in [9.17, 15) is 14.7 Å². The van der Waals surface area contributed by atoms with Gasteiger partial charge in [0.25, 0.3) is 0 Å². The monoisotopic (exact) mass is 399 g/mol. The van der Waals surface area contributed by atoms with Crippen LogP contribution in [-0.4, -0.2) is 48.1 Å². The molecule has 0 bridgehead atoms. The summed E-state index contributed by atoms with van der Waals surface area (Å²) >= 11 is 0. The van der Waals surface area contributed by atoms with Gasteiger partial charge in [0, 0.05) is 31.2 Å². The molecule has 7 nitrogen and oxygen atoms in total. The van der Waals surface area contributed by atoms with Crippen molar-refractivity contribution in [2.24, 2.45) is 10.9 Å². The number of anilines is 1. The lowest BCUT2D eigenvalue weighted by Gasteiger charge is -2.24. The van der Waals surface area contributed by atoms with Crippen LogP contribution in [0, 0.1) is 11.7 Å². The highest BCUT2D eigenvalue weighted by Crippen LogP contribution is 2.45. The molecular formula is C21H22FN3O4. The highest BCUT2D eigenvalue weighted by molar-refractivity contribution is 5.97. The lowest BCUT2D eigenvalue weighted by atomic mass is 9.96. The normalized spacial score (nSPS) is 23.4. The number of halogens is 1. The fraction of sp³-hybridized carbons (Fsp3) is 0.476. The quantitative estimate of drug-likeness (QED) is 0.855. The van der Waals surface area contributed by atoms with E-state index >= 15 is 4.39 Å². The summed E-state index contributed by atoms with van der Waals surface area (Å²) in [5, 5.41) is 9.48. The Morgan fingerprint density at radius 3 is 2.76 bits per heavy atom. The SMILES string of the molecule is COc1c(N2C[C@@H]3CCC=N[C@@H]3C2)c(F)cc2c(=O)c(C(=O)O)cn(C3CC3)c12. The van der Waals surface area contributed by atoms with Crippen molar-refractivity contribution in [1.29, 1.82) is 0 Å². The Balaban J connectivity index is 1.74. The summed E-state index contributed by atoms with van der Waals surface area (Å²) in [4.78, 5) is 30.9. The van der Waals surface area contributed by atoms with Crippen LogP contribution >= 0.6 is 0 Å². The minimum atomic E-state index is -1.31. The van der Waals surface area contributed by atoms with Gasteiger partial charge in [0.15, 0.2) is 11.6 Å². The number of aromatic carboxylic acids is 1.